The second-order valence-electron chi connectivity index (χ2n) is 5.46. The zero-order valence-corrected chi connectivity index (χ0v) is 10.6. The summed E-state index contributed by atoms with van der Waals surface area (Å²) in [5.41, 5.74) is 0.163. The molecule has 0 atom stereocenters. The van der Waals surface area contributed by atoms with Crippen LogP contribution < -0.4 is 10.6 Å². The van der Waals surface area contributed by atoms with E-state index in [2.05, 4.69) is 22.5 Å². The van der Waals surface area contributed by atoms with Crippen LogP contribution in [0.2, 0.25) is 0 Å². The maximum absolute atomic E-state index is 11.8. The second kappa shape index (κ2) is 5.80. The molecule has 2 heterocycles. The Balaban J connectivity index is 1.65. The molecule has 2 aliphatic heterocycles. The summed E-state index contributed by atoms with van der Waals surface area (Å²) in [7, 11) is 0. The van der Waals surface area contributed by atoms with Crippen LogP contribution in [0.25, 0.3) is 0 Å². The van der Waals surface area contributed by atoms with E-state index in [-0.39, 0.29) is 11.3 Å². The molecule has 1 amide bonds. The first-order valence-electron chi connectivity index (χ1n) is 6.46. The summed E-state index contributed by atoms with van der Waals surface area (Å²) in [5.74, 6) is 0.139. The molecule has 17 heavy (non-hydrogen) atoms. The monoisotopic (exact) mass is 241 g/mol. The molecular formula is C12H23N3O2. The van der Waals surface area contributed by atoms with E-state index in [4.69, 9.17) is 4.74 Å². The highest BCUT2D eigenvalue weighted by Crippen LogP contribution is 2.24. The highest BCUT2D eigenvalue weighted by molar-refractivity contribution is 5.78. The first-order valence-corrected chi connectivity index (χ1v) is 6.46. The van der Waals surface area contributed by atoms with E-state index in [0.717, 1.165) is 52.4 Å². The van der Waals surface area contributed by atoms with E-state index in [1.165, 1.54) is 0 Å². The molecule has 2 aliphatic rings. The van der Waals surface area contributed by atoms with Crippen LogP contribution in [0, 0.1) is 5.41 Å². The van der Waals surface area contributed by atoms with Crippen molar-refractivity contribution in [2.24, 2.45) is 5.41 Å². The summed E-state index contributed by atoms with van der Waals surface area (Å²) in [6.45, 7) is 8.96. The van der Waals surface area contributed by atoms with Gasteiger partial charge in [0.25, 0.3) is 0 Å². The van der Waals surface area contributed by atoms with Crippen LogP contribution in [0.3, 0.4) is 0 Å². The standard InChI is InChI=1S/C12H23N3O2/c1-12(9-17-10-12)8-14-11(16)7-15-5-2-3-13-4-6-15/h13H,2-10H2,1H3,(H,14,16). The van der Waals surface area contributed by atoms with Crippen LogP contribution in [0.4, 0.5) is 0 Å². The van der Waals surface area contributed by atoms with Crippen molar-refractivity contribution in [3.63, 3.8) is 0 Å². The zero-order chi connectivity index (χ0) is 12.1. The van der Waals surface area contributed by atoms with Gasteiger partial charge >= 0.3 is 0 Å². The molecule has 2 rings (SSSR count). The summed E-state index contributed by atoms with van der Waals surface area (Å²) in [6, 6.07) is 0. The van der Waals surface area contributed by atoms with Crippen molar-refractivity contribution < 1.29 is 9.53 Å². The first-order chi connectivity index (χ1) is 8.18. The van der Waals surface area contributed by atoms with Crippen molar-refractivity contribution in [2.45, 2.75) is 13.3 Å². The van der Waals surface area contributed by atoms with Crippen molar-refractivity contribution in [3.05, 3.63) is 0 Å². The highest BCUT2D eigenvalue weighted by Gasteiger charge is 2.33. The van der Waals surface area contributed by atoms with Gasteiger partial charge in [0.05, 0.1) is 19.8 Å². The molecule has 0 aromatic carbocycles. The van der Waals surface area contributed by atoms with Gasteiger partial charge in [-0.15, -0.1) is 0 Å². The van der Waals surface area contributed by atoms with Crippen LogP contribution in [0.5, 0.6) is 0 Å². The molecule has 2 N–H and O–H groups in total. The smallest absolute Gasteiger partial charge is 0.234 e. The van der Waals surface area contributed by atoms with Gasteiger partial charge in [-0.05, 0) is 19.5 Å². The number of carbonyl (C=O) groups is 1. The SMILES string of the molecule is CC1(CNC(=O)CN2CCCNCC2)COC1. The maximum atomic E-state index is 11.8. The average molecular weight is 241 g/mol. The van der Waals surface area contributed by atoms with Crippen LogP contribution in [-0.4, -0.2) is 63.3 Å². The predicted molar refractivity (Wildman–Crippen MR) is 65.9 cm³/mol. The highest BCUT2D eigenvalue weighted by atomic mass is 16.5. The van der Waals surface area contributed by atoms with E-state index >= 15 is 0 Å². The Kier molecular flexibility index (Phi) is 4.36. The zero-order valence-electron chi connectivity index (χ0n) is 10.6. The molecule has 0 spiro atoms. The fourth-order valence-electron chi connectivity index (χ4n) is 2.18. The largest absolute Gasteiger partial charge is 0.380 e. The Hall–Kier alpha value is -0.650. The molecule has 2 fully saturated rings. The first kappa shape index (κ1) is 12.8. The van der Waals surface area contributed by atoms with E-state index in [9.17, 15) is 4.79 Å². The quantitative estimate of drug-likeness (QED) is 0.692. The van der Waals surface area contributed by atoms with Gasteiger partial charge in [-0.2, -0.15) is 0 Å². The van der Waals surface area contributed by atoms with Gasteiger partial charge in [0.2, 0.25) is 5.91 Å². The van der Waals surface area contributed by atoms with Crippen LogP contribution >= 0.6 is 0 Å². The van der Waals surface area contributed by atoms with Gasteiger partial charge in [0.1, 0.15) is 0 Å². The van der Waals surface area contributed by atoms with Gasteiger partial charge in [-0.3, -0.25) is 9.69 Å². The number of nitrogens with one attached hydrogen (secondary N) is 2. The lowest BCUT2D eigenvalue weighted by Gasteiger charge is -2.38. The normalized spacial score (nSPS) is 24.8. The van der Waals surface area contributed by atoms with Gasteiger partial charge in [-0.1, -0.05) is 6.92 Å². The van der Waals surface area contributed by atoms with Gasteiger partial charge < -0.3 is 15.4 Å². The molecule has 5 nitrogen and oxygen atoms in total. The van der Waals surface area contributed by atoms with E-state index in [0.29, 0.717) is 6.54 Å². The van der Waals surface area contributed by atoms with Crippen LogP contribution in [0.1, 0.15) is 13.3 Å². The molecule has 0 radical (unpaired) electrons. The van der Waals surface area contributed by atoms with Crippen LogP contribution in [-0.2, 0) is 9.53 Å². The third-order valence-electron chi connectivity index (χ3n) is 3.41. The molecule has 0 aromatic heterocycles. The van der Waals surface area contributed by atoms with Crippen molar-refractivity contribution in [3.8, 4) is 0 Å². The second-order valence-corrected chi connectivity index (χ2v) is 5.46. The molecular weight excluding hydrogens is 218 g/mol. The number of hydrogen-bond acceptors (Lipinski definition) is 4. The van der Waals surface area contributed by atoms with Gasteiger partial charge in [0, 0.05) is 25.0 Å². The summed E-state index contributed by atoms with van der Waals surface area (Å²) in [4.78, 5) is 14.0. The Bertz CT molecular complexity index is 258. The van der Waals surface area contributed by atoms with E-state index < -0.39 is 0 Å². The molecule has 2 saturated heterocycles. The molecule has 0 bridgehead atoms. The van der Waals surface area contributed by atoms with Gasteiger partial charge in [0.15, 0.2) is 0 Å². The number of hydrogen-bond donors (Lipinski definition) is 2. The van der Waals surface area contributed by atoms with Crippen molar-refractivity contribution in [1.29, 1.82) is 0 Å². The molecule has 5 heteroatoms. The Morgan fingerprint density at radius 3 is 2.94 bits per heavy atom. The summed E-state index contributed by atoms with van der Waals surface area (Å²) in [5, 5.41) is 6.35. The summed E-state index contributed by atoms with van der Waals surface area (Å²) < 4.78 is 5.17. The number of nitrogens with zero attached hydrogens (tertiary/aromatic N) is 1. The molecule has 0 aliphatic carbocycles. The molecule has 98 valence electrons. The van der Waals surface area contributed by atoms with E-state index in [1.807, 2.05) is 0 Å². The predicted octanol–water partition coefficient (Wildman–Crippen LogP) is -0.566. The molecule has 0 unspecified atom stereocenters. The lowest BCUT2D eigenvalue weighted by molar-refractivity contribution is -0.127. The number of rotatable bonds is 4. The minimum absolute atomic E-state index is 0.139. The molecule has 0 saturated carbocycles. The minimum atomic E-state index is 0.139. The minimum Gasteiger partial charge on any atom is -0.380 e. The number of ether oxygens (including phenoxy) is 1. The van der Waals surface area contributed by atoms with Crippen LogP contribution in [0.15, 0.2) is 0 Å². The Morgan fingerprint density at radius 1 is 1.41 bits per heavy atom. The fraction of sp³-hybridized carbons (Fsp3) is 0.917. The van der Waals surface area contributed by atoms with Gasteiger partial charge in [-0.25, -0.2) is 0 Å². The lowest BCUT2D eigenvalue weighted by atomic mass is 9.89. The van der Waals surface area contributed by atoms with Crippen molar-refractivity contribution in [2.75, 3.05) is 52.5 Å². The third kappa shape index (κ3) is 3.94. The van der Waals surface area contributed by atoms with Crippen molar-refractivity contribution >= 4 is 5.91 Å². The lowest BCUT2D eigenvalue weighted by Crippen LogP contribution is -2.50. The average Bonchev–Trinajstić information content (AvgIpc) is 2.52. The number of amides is 1. The maximum Gasteiger partial charge on any atom is 0.234 e. The third-order valence-corrected chi connectivity index (χ3v) is 3.41. The van der Waals surface area contributed by atoms with Crippen molar-refractivity contribution in [1.82, 2.24) is 15.5 Å². The topological polar surface area (TPSA) is 53.6 Å². The Morgan fingerprint density at radius 2 is 2.24 bits per heavy atom. The fourth-order valence-corrected chi connectivity index (χ4v) is 2.18. The summed E-state index contributed by atoms with van der Waals surface area (Å²) >= 11 is 0. The molecule has 0 aromatic rings. The van der Waals surface area contributed by atoms with E-state index in [1.54, 1.807) is 0 Å². The Labute approximate surface area is 103 Å². The number of carbonyl (C=O) groups excluding carboxylic acids is 1. The summed E-state index contributed by atoms with van der Waals surface area (Å²) in [6.07, 6.45) is 1.12.